The SMILES string of the molecule is CCCCCCCCCCCCCCCCNC(=O)[C@@H]1CCN(C(=O)O)C1. The molecule has 0 aromatic carbocycles. The van der Waals surface area contributed by atoms with E-state index in [2.05, 4.69) is 12.2 Å². The van der Waals surface area contributed by atoms with Crippen LogP contribution < -0.4 is 5.32 Å². The molecule has 1 rings (SSSR count). The molecule has 5 nitrogen and oxygen atoms in total. The van der Waals surface area contributed by atoms with Gasteiger partial charge in [-0.3, -0.25) is 4.79 Å². The normalized spacial score (nSPS) is 16.6. The molecule has 0 saturated carbocycles. The van der Waals surface area contributed by atoms with Gasteiger partial charge in [-0.05, 0) is 12.8 Å². The minimum Gasteiger partial charge on any atom is -0.465 e. The summed E-state index contributed by atoms with van der Waals surface area (Å²) in [4.78, 5) is 24.2. The van der Waals surface area contributed by atoms with E-state index in [0.29, 0.717) is 19.5 Å². The van der Waals surface area contributed by atoms with Gasteiger partial charge in [0.2, 0.25) is 5.91 Å². The molecule has 0 aromatic rings. The van der Waals surface area contributed by atoms with E-state index in [9.17, 15) is 9.59 Å². The smallest absolute Gasteiger partial charge is 0.407 e. The second-order valence-corrected chi connectivity index (χ2v) is 8.10. The molecule has 1 fully saturated rings. The van der Waals surface area contributed by atoms with Crippen molar-refractivity contribution in [1.29, 1.82) is 0 Å². The molecule has 1 aliphatic heterocycles. The van der Waals surface area contributed by atoms with Crippen molar-refractivity contribution in [2.75, 3.05) is 19.6 Å². The van der Waals surface area contributed by atoms with E-state index in [-0.39, 0.29) is 11.8 Å². The number of likely N-dealkylation sites (tertiary alicyclic amines) is 1. The van der Waals surface area contributed by atoms with Gasteiger partial charge < -0.3 is 15.3 Å². The number of carbonyl (C=O) groups excluding carboxylic acids is 1. The van der Waals surface area contributed by atoms with E-state index in [1.165, 1.54) is 88.4 Å². The summed E-state index contributed by atoms with van der Waals surface area (Å²) < 4.78 is 0. The Morgan fingerprint density at radius 1 is 0.852 bits per heavy atom. The lowest BCUT2D eigenvalue weighted by molar-refractivity contribution is -0.124. The van der Waals surface area contributed by atoms with Crippen molar-refractivity contribution in [2.24, 2.45) is 5.92 Å². The Kier molecular flexibility index (Phi) is 13.9. The zero-order chi connectivity index (χ0) is 19.7. The lowest BCUT2D eigenvalue weighted by Gasteiger charge is -2.12. The van der Waals surface area contributed by atoms with Crippen molar-refractivity contribution in [1.82, 2.24) is 10.2 Å². The summed E-state index contributed by atoms with van der Waals surface area (Å²) in [6, 6.07) is 0. The van der Waals surface area contributed by atoms with Crippen LogP contribution in [0.5, 0.6) is 0 Å². The number of carboxylic acid groups (broad SMARTS) is 1. The first-order valence-corrected chi connectivity index (χ1v) is 11.4. The van der Waals surface area contributed by atoms with Gasteiger partial charge in [-0.1, -0.05) is 90.4 Å². The fourth-order valence-electron chi connectivity index (χ4n) is 3.82. The number of nitrogens with one attached hydrogen (secondary N) is 1. The number of carbonyl (C=O) groups is 2. The molecule has 0 aromatic heterocycles. The molecule has 0 aliphatic carbocycles. The fourth-order valence-corrected chi connectivity index (χ4v) is 3.82. The molecule has 0 bridgehead atoms. The molecule has 0 unspecified atom stereocenters. The van der Waals surface area contributed by atoms with Crippen LogP contribution in [0.4, 0.5) is 4.79 Å². The highest BCUT2D eigenvalue weighted by atomic mass is 16.4. The van der Waals surface area contributed by atoms with Gasteiger partial charge in [0.15, 0.2) is 0 Å². The van der Waals surface area contributed by atoms with Crippen molar-refractivity contribution in [3.63, 3.8) is 0 Å². The largest absolute Gasteiger partial charge is 0.465 e. The summed E-state index contributed by atoms with van der Waals surface area (Å²) in [6.45, 7) is 3.82. The second-order valence-electron chi connectivity index (χ2n) is 8.10. The zero-order valence-electron chi connectivity index (χ0n) is 17.5. The van der Waals surface area contributed by atoms with Crippen LogP contribution in [0.15, 0.2) is 0 Å². The maximum Gasteiger partial charge on any atom is 0.407 e. The van der Waals surface area contributed by atoms with E-state index in [1.54, 1.807) is 0 Å². The molecule has 1 saturated heterocycles. The lowest BCUT2D eigenvalue weighted by atomic mass is 10.0. The van der Waals surface area contributed by atoms with Gasteiger partial charge in [0.25, 0.3) is 0 Å². The molecule has 1 heterocycles. The Balaban J connectivity index is 1.80. The van der Waals surface area contributed by atoms with Crippen molar-refractivity contribution in [2.45, 2.75) is 103 Å². The van der Waals surface area contributed by atoms with Gasteiger partial charge in [-0.15, -0.1) is 0 Å². The number of nitrogens with zero attached hydrogens (tertiary/aromatic N) is 1. The summed E-state index contributed by atoms with van der Waals surface area (Å²) in [5.41, 5.74) is 0. The first kappa shape index (κ1) is 23.8. The zero-order valence-corrected chi connectivity index (χ0v) is 17.5. The van der Waals surface area contributed by atoms with Crippen LogP contribution in [0.25, 0.3) is 0 Å². The van der Waals surface area contributed by atoms with Crippen LogP contribution in [0.2, 0.25) is 0 Å². The monoisotopic (exact) mass is 382 g/mol. The lowest BCUT2D eigenvalue weighted by Crippen LogP contribution is -2.34. The van der Waals surface area contributed by atoms with Crippen molar-refractivity contribution >= 4 is 12.0 Å². The van der Waals surface area contributed by atoms with Gasteiger partial charge in [0, 0.05) is 19.6 Å². The third kappa shape index (κ3) is 11.9. The molecule has 5 heteroatoms. The van der Waals surface area contributed by atoms with Gasteiger partial charge >= 0.3 is 6.09 Å². The van der Waals surface area contributed by atoms with Gasteiger partial charge in [-0.2, -0.15) is 0 Å². The molecule has 2 amide bonds. The highest BCUT2D eigenvalue weighted by Crippen LogP contribution is 2.16. The van der Waals surface area contributed by atoms with E-state index in [1.807, 2.05) is 0 Å². The molecule has 0 spiro atoms. The molecule has 1 aliphatic rings. The van der Waals surface area contributed by atoms with Crippen LogP contribution in [0.1, 0.15) is 103 Å². The quantitative estimate of drug-likeness (QED) is 0.342. The number of rotatable bonds is 16. The number of hydrogen-bond acceptors (Lipinski definition) is 2. The number of amides is 2. The van der Waals surface area contributed by atoms with E-state index in [0.717, 1.165) is 13.0 Å². The summed E-state index contributed by atoms with van der Waals surface area (Å²) in [5.74, 6) is -0.138. The molecule has 1 atom stereocenters. The molecular formula is C22H42N2O3. The van der Waals surface area contributed by atoms with Gasteiger partial charge in [0.1, 0.15) is 0 Å². The van der Waals surface area contributed by atoms with E-state index < -0.39 is 6.09 Å². The predicted molar refractivity (Wildman–Crippen MR) is 111 cm³/mol. The maximum absolute atomic E-state index is 12.0. The van der Waals surface area contributed by atoms with Crippen LogP contribution in [0.3, 0.4) is 0 Å². The Morgan fingerprint density at radius 3 is 1.78 bits per heavy atom. The molecule has 2 N–H and O–H groups in total. The maximum atomic E-state index is 12.0. The Bertz CT molecular complexity index is 401. The Labute approximate surface area is 166 Å². The van der Waals surface area contributed by atoms with Gasteiger partial charge in [-0.25, -0.2) is 4.79 Å². The minimum atomic E-state index is -0.919. The third-order valence-electron chi connectivity index (χ3n) is 5.66. The van der Waals surface area contributed by atoms with Crippen LogP contribution >= 0.6 is 0 Å². The highest BCUT2D eigenvalue weighted by Gasteiger charge is 2.30. The summed E-state index contributed by atoms with van der Waals surface area (Å²) >= 11 is 0. The number of hydrogen-bond donors (Lipinski definition) is 2. The molecule has 27 heavy (non-hydrogen) atoms. The highest BCUT2D eigenvalue weighted by molar-refractivity contribution is 5.80. The standard InChI is InChI=1S/C22H42N2O3/c1-2-3-4-5-6-7-8-9-10-11-12-13-14-15-17-23-21(25)20-16-18-24(19-20)22(26)27/h20H,2-19H2,1H3,(H,23,25)(H,26,27)/t20-/m1/s1. The average Bonchev–Trinajstić information content (AvgIpc) is 3.15. The first-order chi connectivity index (χ1) is 13.1. The van der Waals surface area contributed by atoms with Crippen molar-refractivity contribution in [3.8, 4) is 0 Å². The fraction of sp³-hybridized carbons (Fsp3) is 0.909. The van der Waals surface area contributed by atoms with E-state index in [4.69, 9.17) is 5.11 Å². The van der Waals surface area contributed by atoms with E-state index >= 15 is 0 Å². The Hall–Kier alpha value is -1.26. The van der Waals surface area contributed by atoms with Crippen LogP contribution in [-0.2, 0) is 4.79 Å². The van der Waals surface area contributed by atoms with Crippen molar-refractivity contribution < 1.29 is 14.7 Å². The first-order valence-electron chi connectivity index (χ1n) is 11.4. The molecule has 158 valence electrons. The molecule has 0 radical (unpaired) electrons. The summed E-state index contributed by atoms with van der Waals surface area (Å²) in [5, 5.41) is 11.9. The number of unbranched alkanes of at least 4 members (excludes halogenated alkanes) is 13. The molecular weight excluding hydrogens is 340 g/mol. The van der Waals surface area contributed by atoms with Crippen molar-refractivity contribution in [3.05, 3.63) is 0 Å². The summed E-state index contributed by atoms with van der Waals surface area (Å²) in [6.07, 6.45) is 18.4. The topological polar surface area (TPSA) is 69.6 Å². The third-order valence-corrected chi connectivity index (χ3v) is 5.66. The van der Waals surface area contributed by atoms with Crippen LogP contribution in [-0.4, -0.2) is 41.6 Å². The minimum absolute atomic E-state index is 0.0217. The summed E-state index contributed by atoms with van der Waals surface area (Å²) in [7, 11) is 0. The second kappa shape index (κ2) is 15.8. The van der Waals surface area contributed by atoms with Crippen LogP contribution in [0, 0.1) is 5.92 Å². The predicted octanol–water partition coefficient (Wildman–Crippen LogP) is 5.58. The average molecular weight is 383 g/mol. The Morgan fingerprint density at radius 2 is 1.33 bits per heavy atom. The van der Waals surface area contributed by atoms with Gasteiger partial charge in [0.05, 0.1) is 5.92 Å².